The molecule has 1 saturated heterocycles. The van der Waals surface area contributed by atoms with Crippen molar-refractivity contribution < 1.29 is 18.0 Å². The fourth-order valence-electron chi connectivity index (χ4n) is 3.34. The SMILES string of the molecule is O=C1c2ccccc2C(=O)N1c1ccccc1S(=O)(=O)N1CCCC1. The Kier molecular flexibility index (Phi) is 3.70. The lowest BCUT2D eigenvalue weighted by Crippen LogP contribution is -2.34. The highest BCUT2D eigenvalue weighted by Gasteiger charge is 2.40. The van der Waals surface area contributed by atoms with Crippen molar-refractivity contribution in [3.05, 3.63) is 59.7 Å². The fourth-order valence-corrected chi connectivity index (χ4v) is 5.03. The number of imide groups is 1. The number of benzene rings is 2. The number of hydrogen-bond acceptors (Lipinski definition) is 4. The molecular weight excluding hydrogens is 340 g/mol. The lowest BCUT2D eigenvalue weighted by molar-refractivity contribution is 0.0925. The Balaban J connectivity index is 1.84. The van der Waals surface area contributed by atoms with Gasteiger partial charge in [0.25, 0.3) is 11.8 Å². The van der Waals surface area contributed by atoms with E-state index in [1.54, 1.807) is 36.4 Å². The second-order valence-electron chi connectivity index (χ2n) is 6.07. The van der Waals surface area contributed by atoms with Gasteiger partial charge in [-0.1, -0.05) is 24.3 Å². The highest BCUT2D eigenvalue weighted by atomic mass is 32.2. The largest absolute Gasteiger partial charge is 0.268 e. The topological polar surface area (TPSA) is 74.8 Å². The maximum absolute atomic E-state index is 13.0. The molecule has 2 aliphatic rings. The molecule has 2 aliphatic heterocycles. The van der Waals surface area contributed by atoms with E-state index in [9.17, 15) is 18.0 Å². The first-order valence-corrected chi connectivity index (χ1v) is 9.53. The van der Waals surface area contributed by atoms with Crippen LogP contribution in [0.2, 0.25) is 0 Å². The van der Waals surface area contributed by atoms with E-state index < -0.39 is 21.8 Å². The summed E-state index contributed by atoms with van der Waals surface area (Å²) in [5, 5.41) is 0. The molecular formula is C18H16N2O4S. The molecule has 0 spiro atoms. The van der Waals surface area contributed by atoms with Crippen LogP contribution < -0.4 is 4.90 Å². The third-order valence-electron chi connectivity index (χ3n) is 4.58. The number of rotatable bonds is 3. The van der Waals surface area contributed by atoms with E-state index in [4.69, 9.17) is 0 Å². The number of sulfonamides is 1. The first kappa shape index (κ1) is 16.0. The average Bonchev–Trinajstić information content (AvgIpc) is 3.24. The van der Waals surface area contributed by atoms with Crippen molar-refractivity contribution in [2.45, 2.75) is 17.7 Å². The zero-order valence-electron chi connectivity index (χ0n) is 13.4. The molecule has 0 saturated carbocycles. The van der Waals surface area contributed by atoms with Crippen molar-refractivity contribution in [2.75, 3.05) is 18.0 Å². The summed E-state index contributed by atoms with van der Waals surface area (Å²) >= 11 is 0. The van der Waals surface area contributed by atoms with E-state index in [-0.39, 0.29) is 10.6 Å². The van der Waals surface area contributed by atoms with Crippen LogP contribution in [0, 0.1) is 0 Å². The quantitative estimate of drug-likeness (QED) is 0.791. The van der Waals surface area contributed by atoms with E-state index in [2.05, 4.69) is 0 Å². The van der Waals surface area contributed by atoms with Crippen molar-refractivity contribution in [1.82, 2.24) is 4.31 Å². The second kappa shape index (κ2) is 5.79. The number of carbonyl (C=O) groups excluding carboxylic acids is 2. The van der Waals surface area contributed by atoms with Crippen molar-refractivity contribution in [3.8, 4) is 0 Å². The van der Waals surface area contributed by atoms with Gasteiger partial charge in [0.15, 0.2) is 0 Å². The third-order valence-corrected chi connectivity index (χ3v) is 6.53. The Labute approximate surface area is 145 Å². The zero-order chi connectivity index (χ0) is 17.6. The van der Waals surface area contributed by atoms with Gasteiger partial charge in [0.1, 0.15) is 4.90 Å². The number of carbonyl (C=O) groups is 2. The Bertz CT molecular complexity index is 943. The van der Waals surface area contributed by atoms with Crippen LogP contribution in [-0.2, 0) is 10.0 Å². The first-order chi connectivity index (χ1) is 12.0. The number of para-hydroxylation sites is 1. The molecule has 7 heteroatoms. The Morgan fingerprint density at radius 2 is 1.28 bits per heavy atom. The molecule has 25 heavy (non-hydrogen) atoms. The van der Waals surface area contributed by atoms with Crippen molar-refractivity contribution in [1.29, 1.82) is 0 Å². The van der Waals surface area contributed by atoms with Crippen LogP contribution >= 0.6 is 0 Å². The molecule has 2 aromatic rings. The van der Waals surface area contributed by atoms with Crippen molar-refractivity contribution >= 4 is 27.5 Å². The number of amides is 2. The molecule has 1 fully saturated rings. The Morgan fingerprint density at radius 3 is 1.88 bits per heavy atom. The fraction of sp³-hybridized carbons (Fsp3) is 0.222. The monoisotopic (exact) mass is 356 g/mol. The lowest BCUT2D eigenvalue weighted by Gasteiger charge is -2.21. The van der Waals surface area contributed by atoms with Gasteiger partial charge in [-0.15, -0.1) is 0 Å². The van der Waals surface area contributed by atoms with Crippen molar-refractivity contribution in [3.63, 3.8) is 0 Å². The minimum absolute atomic E-state index is 0.00796. The van der Waals surface area contributed by atoms with Gasteiger partial charge in [0.2, 0.25) is 10.0 Å². The van der Waals surface area contributed by atoms with E-state index >= 15 is 0 Å². The number of fused-ring (bicyclic) bond motifs is 1. The average molecular weight is 356 g/mol. The zero-order valence-corrected chi connectivity index (χ0v) is 14.2. The molecule has 0 N–H and O–H groups in total. The maximum atomic E-state index is 13.0. The van der Waals surface area contributed by atoms with Crippen LogP contribution in [0.15, 0.2) is 53.4 Å². The molecule has 128 valence electrons. The van der Waals surface area contributed by atoms with Gasteiger partial charge in [-0.3, -0.25) is 9.59 Å². The molecule has 2 amide bonds. The predicted octanol–water partition coefficient (Wildman–Crippen LogP) is 2.27. The summed E-state index contributed by atoms with van der Waals surface area (Å²) in [7, 11) is -3.75. The van der Waals surface area contributed by atoms with Crippen LogP contribution in [0.4, 0.5) is 5.69 Å². The molecule has 0 unspecified atom stereocenters. The Morgan fingerprint density at radius 1 is 0.760 bits per heavy atom. The highest BCUT2D eigenvalue weighted by Crippen LogP contribution is 2.34. The van der Waals surface area contributed by atoms with Gasteiger partial charge in [-0.25, -0.2) is 13.3 Å². The lowest BCUT2D eigenvalue weighted by atomic mass is 10.1. The van der Waals surface area contributed by atoms with Crippen molar-refractivity contribution in [2.24, 2.45) is 0 Å². The Hall–Kier alpha value is -2.51. The van der Waals surface area contributed by atoms with Crippen LogP contribution in [0.5, 0.6) is 0 Å². The minimum atomic E-state index is -3.75. The van der Waals surface area contributed by atoms with Crippen LogP contribution in [0.1, 0.15) is 33.6 Å². The van der Waals surface area contributed by atoms with Gasteiger partial charge >= 0.3 is 0 Å². The first-order valence-electron chi connectivity index (χ1n) is 8.09. The number of anilines is 1. The minimum Gasteiger partial charge on any atom is -0.268 e. The summed E-state index contributed by atoms with van der Waals surface area (Å²) in [6.45, 7) is 0.914. The van der Waals surface area contributed by atoms with Crippen LogP contribution in [0.25, 0.3) is 0 Å². The molecule has 2 aromatic carbocycles. The summed E-state index contributed by atoms with van der Waals surface area (Å²) in [5.41, 5.74) is 0.697. The molecule has 6 nitrogen and oxygen atoms in total. The molecule has 0 bridgehead atoms. The van der Waals surface area contributed by atoms with Gasteiger partial charge in [-0.2, -0.15) is 4.31 Å². The standard InChI is InChI=1S/C18H16N2O4S/c21-17-13-7-1-2-8-14(13)18(22)20(17)15-9-3-4-10-16(15)25(23,24)19-11-5-6-12-19/h1-4,7-10H,5-6,11-12H2. The van der Waals surface area contributed by atoms with E-state index in [1.807, 2.05) is 0 Å². The van der Waals surface area contributed by atoms with E-state index in [0.717, 1.165) is 17.7 Å². The second-order valence-corrected chi connectivity index (χ2v) is 7.98. The predicted molar refractivity (Wildman–Crippen MR) is 92.0 cm³/mol. The summed E-state index contributed by atoms with van der Waals surface area (Å²) in [6.07, 6.45) is 1.63. The van der Waals surface area contributed by atoms with Gasteiger partial charge in [0, 0.05) is 13.1 Å². The molecule has 0 radical (unpaired) electrons. The molecule has 2 heterocycles. The summed E-state index contributed by atoms with van der Waals surface area (Å²) in [6, 6.07) is 12.7. The maximum Gasteiger partial charge on any atom is 0.266 e. The smallest absolute Gasteiger partial charge is 0.266 e. The molecule has 4 rings (SSSR count). The summed E-state index contributed by atoms with van der Waals surface area (Å²) in [4.78, 5) is 26.4. The normalized spacial score (nSPS) is 18.0. The molecule has 0 aliphatic carbocycles. The molecule has 0 atom stereocenters. The van der Waals surface area contributed by atoms with E-state index in [1.165, 1.54) is 16.4 Å². The van der Waals surface area contributed by atoms with Gasteiger partial charge in [0.05, 0.1) is 16.8 Å². The number of nitrogens with zero attached hydrogens (tertiary/aromatic N) is 2. The van der Waals surface area contributed by atoms with Gasteiger partial charge < -0.3 is 0 Å². The van der Waals surface area contributed by atoms with Crippen LogP contribution in [0.3, 0.4) is 0 Å². The third kappa shape index (κ3) is 2.39. The summed E-state index contributed by atoms with van der Waals surface area (Å²) < 4.78 is 27.4. The van der Waals surface area contributed by atoms with E-state index in [0.29, 0.717) is 24.2 Å². The van der Waals surface area contributed by atoms with Gasteiger partial charge in [-0.05, 0) is 37.1 Å². The summed E-state index contributed by atoms with van der Waals surface area (Å²) in [5.74, 6) is -0.991. The molecule has 0 aromatic heterocycles. The highest BCUT2D eigenvalue weighted by molar-refractivity contribution is 7.89. The van der Waals surface area contributed by atoms with Crippen LogP contribution in [-0.4, -0.2) is 37.6 Å². The number of hydrogen-bond donors (Lipinski definition) is 0.